The quantitative estimate of drug-likeness (QED) is 0.759. The monoisotopic (exact) mass is 260 g/mol. The van der Waals surface area contributed by atoms with Crippen molar-refractivity contribution in [2.45, 2.75) is 0 Å². The van der Waals surface area contributed by atoms with E-state index in [1.165, 1.54) is 22.9 Å². The first-order valence-corrected chi connectivity index (χ1v) is 5.46. The highest BCUT2D eigenvalue weighted by molar-refractivity contribution is 5.86. The van der Waals surface area contributed by atoms with Gasteiger partial charge in [-0.3, -0.25) is 9.38 Å². The zero-order valence-corrected chi connectivity index (χ0v) is 9.91. The van der Waals surface area contributed by atoms with E-state index in [9.17, 15) is 9.18 Å². The number of pyridine rings is 1. The minimum absolute atomic E-state index is 0.140. The molecule has 7 heteroatoms. The van der Waals surface area contributed by atoms with Crippen molar-refractivity contribution < 1.29 is 14.3 Å². The number of carboxylic acid groups (broad SMARTS) is 1. The largest absolute Gasteiger partial charge is 0.477 e. The molecule has 0 saturated carbocycles. The lowest BCUT2D eigenvalue weighted by Crippen LogP contribution is -2.04. The number of nitrogens with zero attached hydrogens (tertiary/aromatic N) is 4. The third kappa shape index (κ3) is 1.75. The van der Waals surface area contributed by atoms with Crippen molar-refractivity contribution >= 4 is 11.7 Å². The summed E-state index contributed by atoms with van der Waals surface area (Å²) < 4.78 is 15.9. The highest BCUT2D eigenvalue weighted by Gasteiger charge is 2.15. The number of carbonyl (C=O) groups is 1. The van der Waals surface area contributed by atoms with Crippen molar-refractivity contribution in [1.29, 1.82) is 0 Å². The highest BCUT2D eigenvalue weighted by Crippen LogP contribution is 2.18. The molecule has 3 rings (SSSR count). The zero-order chi connectivity index (χ0) is 13.6. The minimum Gasteiger partial charge on any atom is -0.477 e. The Morgan fingerprint density at radius 3 is 2.68 bits per heavy atom. The van der Waals surface area contributed by atoms with Crippen LogP contribution in [-0.4, -0.2) is 30.0 Å². The summed E-state index contributed by atoms with van der Waals surface area (Å²) in [5, 5.41) is 8.99. The van der Waals surface area contributed by atoms with Crippen LogP contribution in [0.25, 0.3) is 17.2 Å². The van der Waals surface area contributed by atoms with Crippen LogP contribution in [0.5, 0.6) is 0 Å². The van der Waals surface area contributed by atoms with Gasteiger partial charge in [0.15, 0.2) is 0 Å². The molecule has 6 nitrogen and oxygen atoms in total. The Bertz CT molecular complexity index is 773. The predicted octanol–water partition coefficient (Wildman–Crippen LogP) is 1.57. The molecule has 0 fully saturated rings. The smallest absolute Gasteiger partial charge is 0.354 e. The van der Waals surface area contributed by atoms with E-state index in [0.29, 0.717) is 17.2 Å². The molecule has 3 heterocycles. The number of hydrogen-bond acceptors (Lipinski definition) is 3. The number of aromatic carboxylic acids is 1. The van der Waals surface area contributed by atoms with Crippen LogP contribution >= 0.6 is 0 Å². The molecule has 0 unspecified atom stereocenters. The fourth-order valence-corrected chi connectivity index (χ4v) is 1.90. The molecule has 0 radical (unpaired) electrons. The molecule has 3 aromatic rings. The van der Waals surface area contributed by atoms with E-state index in [1.54, 1.807) is 17.6 Å². The van der Waals surface area contributed by atoms with E-state index in [0.717, 1.165) is 6.20 Å². The van der Waals surface area contributed by atoms with Crippen molar-refractivity contribution in [3.63, 3.8) is 0 Å². The normalized spacial score (nSPS) is 11.1. The molecule has 0 atom stereocenters. The Labute approximate surface area is 106 Å². The van der Waals surface area contributed by atoms with Gasteiger partial charge in [-0.15, -0.1) is 0 Å². The Hall–Kier alpha value is -2.70. The molecule has 96 valence electrons. The van der Waals surface area contributed by atoms with Gasteiger partial charge in [0.05, 0.1) is 11.9 Å². The van der Waals surface area contributed by atoms with Crippen molar-refractivity contribution in [2.75, 3.05) is 0 Å². The fourth-order valence-electron chi connectivity index (χ4n) is 1.90. The number of halogens is 1. The molecule has 0 aliphatic heterocycles. The third-order valence-corrected chi connectivity index (χ3v) is 2.84. The van der Waals surface area contributed by atoms with Gasteiger partial charge in [-0.05, 0) is 12.1 Å². The first-order chi connectivity index (χ1) is 9.06. The molecule has 3 aromatic heterocycles. The number of rotatable bonds is 2. The Balaban J connectivity index is 2.13. The maximum atomic E-state index is 12.8. The zero-order valence-electron chi connectivity index (χ0n) is 9.91. The van der Waals surface area contributed by atoms with E-state index in [4.69, 9.17) is 5.11 Å². The maximum Gasteiger partial charge on any atom is 0.354 e. The van der Waals surface area contributed by atoms with Gasteiger partial charge in [-0.2, -0.15) is 0 Å². The average molecular weight is 260 g/mol. The van der Waals surface area contributed by atoms with E-state index < -0.39 is 11.8 Å². The summed E-state index contributed by atoms with van der Waals surface area (Å²) >= 11 is 0. The second-order valence-corrected chi connectivity index (χ2v) is 4.07. The number of fused-ring (bicyclic) bond motifs is 1. The summed E-state index contributed by atoms with van der Waals surface area (Å²) in [6, 6.07) is 2.82. The van der Waals surface area contributed by atoms with E-state index in [2.05, 4.69) is 9.97 Å². The molecule has 19 heavy (non-hydrogen) atoms. The molecule has 0 aromatic carbocycles. The molecule has 0 saturated heterocycles. The van der Waals surface area contributed by atoms with Gasteiger partial charge in [0.1, 0.15) is 17.2 Å². The van der Waals surface area contributed by atoms with Gasteiger partial charge in [0.25, 0.3) is 0 Å². The molecular weight excluding hydrogens is 251 g/mol. The van der Waals surface area contributed by atoms with Gasteiger partial charge in [-0.25, -0.2) is 14.2 Å². The van der Waals surface area contributed by atoms with Gasteiger partial charge in [-0.1, -0.05) is 0 Å². The number of carboxylic acids is 1. The van der Waals surface area contributed by atoms with Crippen LogP contribution in [0.4, 0.5) is 4.39 Å². The van der Waals surface area contributed by atoms with Crippen LogP contribution < -0.4 is 0 Å². The van der Waals surface area contributed by atoms with Gasteiger partial charge < -0.3 is 9.67 Å². The van der Waals surface area contributed by atoms with E-state index >= 15 is 0 Å². The summed E-state index contributed by atoms with van der Waals surface area (Å²) in [6.45, 7) is 0. The molecule has 0 spiro atoms. The van der Waals surface area contributed by atoms with Crippen LogP contribution in [0.3, 0.4) is 0 Å². The molecule has 0 bridgehead atoms. The summed E-state index contributed by atoms with van der Waals surface area (Å²) in [5.74, 6) is -0.950. The Kier molecular flexibility index (Phi) is 2.34. The molecule has 1 N–H and O–H groups in total. The summed E-state index contributed by atoms with van der Waals surface area (Å²) in [4.78, 5) is 19.2. The van der Waals surface area contributed by atoms with Gasteiger partial charge in [0.2, 0.25) is 5.78 Å². The minimum atomic E-state index is -1.02. The lowest BCUT2D eigenvalue weighted by Gasteiger charge is -1.96. The van der Waals surface area contributed by atoms with Crippen molar-refractivity contribution in [2.24, 2.45) is 7.05 Å². The van der Waals surface area contributed by atoms with Crippen LogP contribution in [0, 0.1) is 5.82 Å². The first-order valence-electron chi connectivity index (χ1n) is 5.46. The van der Waals surface area contributed by atoms with Crippen LogP contribution in [0.1, 0.15) is 10.5 Å². The number of aryl methyl sites for hydroxylation is 1. The Morgan fingerprint density at radius 1 is 1.32 bits per heavy atom. The van der Waals surface area contributed by atoms with E-state index in [-0.39, 0.29) is 5.69 Å². The van der Waals surface area contributed by atoms with Crippen LogP contribution in [0.15, 0.2) is 30.7 Å². The van der Waals surface area contributed by atoms with E-state index in [1.807, 2.05) is 0 Å². The average Bonchev–Trinajstić information content (AvgIpc) is 2.90. The SMILES string of the molecule is Cn1c(C(=O)O)cn2cc(-c3ccc(F)cn3)nc12. The second kappa shape index (κ2) is 3.91. The standard InChI is InChI=1S/C12H9FN4O2/c1-16-10(11(18)19)6-17-5-9(15-12(16)17)8-3-2-7(13)4-14-8/h2-6H,1H3,(H,18,19). The van der Waals surface area contributed by atoms with Crippen molar-refractivity contribution in [3.8, 4) is 11.4 Å². The summed E-state index contributed by atoms with van der Waals surface area (Å²) in [5.41, 5.74) is 1.23. The Morgan fingerprint density at radius 2 is 2.11 bits per heavy atom. The summed E-state index contributed by atoms with van der Waals surface area (Å²) in [7, 11) is 1.62. The van der Waals surface area contributed by atoms with Crippen LogP contribution in [0.2, 0.25) is 0 Å². The van der Waals surface area contributed by atoms with Crippen molar-refractivity contribution in [3.05, 3.63) is 42.2 Å². The van der Waals surface area contributed by atoms with Gasteiger partial charge in [0, 0.05) is 19.4 Å². The number of imidazole rings is 2. The molecule has 0 aliphatic rings. The molecule has 0 aliphatic carbocycles. The lowest BCUT2D eigenvalue weighted by molar-refractivity contribution is 0.0686. The second-order valence-electron chi connectivity index (χ2n) is 4.07. The summed E-state index contributed by atoms with van der Waals surface area (Å²) in [6.07, 6.45) is 4.24. The third-order valence-electron chi connectivity index (χ3n) is 2.84. The highest BCUT2D eigenvalue weighted by atomic mass is 19.1. The predicted molar refractivity (Wildman–Crippen MR) is 64.3 cm³/mol. The fraction of sp³-hybridized carbons (Fsp3) is 0.0833. The van der Waals surface area contributed by atoms with Crippen LogP contribution in [-0.2, 0) is 7.05 Å². The first kappa shape index (κ1) is 11.4. The maximum absolute atomic E-state index is 12.8. The van der Waals surface area contributed by atoms with Gasteiger partial charge >= 0.3 is 5.97 Å². The number of aromatic nitrogens is 4. The topological polar surface area (TPSA) is 72.4 Å². The van der Waals surface area contributed by atoms with Crippen molar-refractivity contribution in [1.82, 2.24) is 18.9 Å². The molecule has 0 amide bonds. The molecular formula is C12H9FN4O2. The number of hydrogen-bond donors (Lipinski definition) is 1. The lowest BCUT2D eigenvalue weighted by atomic mass is 10.3.